The molecule has 1 saturated heterocycles. The molecule has 0 aromatic carbocycles. The van der Waals surface area contributed by atoms with E-state index in [1.807, 2.05) is 32.1 Å². The largest absolute Gasteiger partial charge is 2.00 e. The maximum Gasteiger partial charge on any atom is 2.00 e. The molecular weight excluding hydrogens is 250 g/mol. The van der Waals surface area contributed by atoms with Crippen molar-refractivity contribution < 1.29 is 17.1 Å². The second kappa shape index (κ2) is 8.56. The molecule has 2 aliphatic carbocycles. The molecule has 1 aliphatic heterocycles. The monoisotopic (exact) mass is 269 g/mol. The Bertz CT molecular complexity index is 178. The van der Waals surface area contributed by atoms with Gasteiger partial charge >= 0.3 is 17.1 Å². The number of hydrogen-bond donors (Lipinski definition) is 0. The van der Waals surface area contributed by atoms with E-state index in [1.54, 1.807) is 0 Å². The van der Waals surface area contributed by atoms with E-state index < -0.39 is 0 Å². The molecule has 2 saturated carbocycles. The predicted molar refractivity (Wildman–Crippen MR) is 67.6 cm³/mol. The molecule has 0 aromatic heterocycles. The Kier molecular flexibility index (Phi) is 7.82. The van der Waals surface area contributed by atoms with Crippen molar-refractivity contribution in [3.05, 3.63) is 63.7 Å². The summed E-state index contributed by atoms with van der Waals surface area (Å²) in [4.78, 5) is 2.44. The summed E-state index contributed by atoms with van der Waals surface area (Å²) in [6, 6.07) is 0.699. The molecule has 0 aromatic rings. The Labute approximate surface area is 118 Å². The van der Waals surface area contributed by atoms with Crippen LogP contribution in [0.4, 0.5) is 0 Å². The van der Waals surface area contributed by atoms with Crippen LogP contribution >= 0.6 is 0 Å². The van der Waals surface area contributed by atoms with Gasteiger partial charge in [0.05, 0.1) is 0 Å². The van der Waals surface area contributed by atoms with Gasteiger partial charge in [-0.25, -0.2) is 0 Å². The molecule has 0 N–H and O–H groups in total. The quantitative estimate of drug-likeness (QED) is 0.661. The summed E-state index contributed by atoms with van der Waals surface area (Å²) in [6.07, 6.45) is 21.4. The Morgan fingerprint density at radius 3 is 1.88 bits per heavy atom. The van der Waals surface area contributed by atoms with Gasteiger partial charge in [0, 0.05) is 12.0 Å². The van der Waals surface area contributed by atoms with Gasteiger partial charge in [-0.2, -0.15) is 0 Å². The maximum absolute atomic E-state index is 2.44. The molecule has 0 spiro atoms. The van der Waals surface area contributed by atoms with E-state index in [-0.39, 0.29) is 17.1 Å². The minimum absolute atomic E-state index is 0. The third-order valence-electron chi connectivity index (χ3n) is 3.15. The van der Waals surface area contributed by atoms with E-state index in [4.69, 9.17) is 0 Å². The molecule has 0 amide bonds. The van der Waals surface area contributed by atoms with Crippen LogP contribution < -0.4 is 0 Å². The average molecular weight is 269 g/mol. The van der Waals surface area contributed by atoms with Gasteiger partial charge < -0.3 is 4.90 Å². The minimum atomic E-state index is 0. The zero-order chi connectivity index (χ0) is 11.2. The van der Waals surface area contributed by atoms with E-state index in [2.05, 4.69) is 37.6 Å². The second-order valence-electron chi connectivity index (χ2n) is 4.32. The Balaban J connectivity index is 0.000000205. The summed E-state index contributed by atoms with van der Waals surface area (Å²) in [5, 5.41) is 0. The van der Waals surface area contributed by atoms with Crippen LogP contribution in [0.2, 0.25) is 0 Å². The third-order valence-corrected chi connectivity index (χ3v) is 3.15. The normalized spacial score (nSPS) is 29.8. The molecule has 3 aliphatic rings. The fourth-order valence-electron chi connectivity index (χ4n) is 2.26. The van der Waals surface area contributed by atoms with Crippen molar-refractivity contribution in [2.75, 3.05) is 13.6 Å². The van der Waals surface area contributed by atoms with E-state index in [0.29, 0.717) is 6.04 Å². The fraction of sp³-hybridized carbons (Fsp3) is 0.333. The van der Waals surface area contributed by atoms with Gasteiger partial charge in [0.2, 0.25) is 0 Å². The van der Waals surface area contributed by atoms with Crippen LogP contribution in [0.25, 0.3) is 0 Å². The summed E-state index contributed by atoms with van der Waals surface area (Å²) >= 11 is 0. The van der Waals surface area contributed by atoms with Crippen molar-refractivity contribution in [2.45, 2.75) is 18.9 Å². The first-order valence-electron chi connectivity index (χ1n) is 5.96. The van der Waals surface area contributed by atoms with E-state index in [1.165, 1.54) is 25.3 Å². The molecule has 17 heavy (non-hydrogen) atoms. The summed E-state index contributed by atoms with van der Waals surface area (Å²) in [7, 11) is 2.21. The minimum Gasteiger partial charge on any atom is -0.303 e. The predicted octanol–water partition coefficient (Wildman–Crippen LogP) is 2.50. The van der Waals surface area contributed by atoms with Crippen molar-refractivity contribution in [1.82, 2.24) is 4.90 Å². The molecule has 0 unspecified atom stereocenters. The summed E-state index contributed by atoms with van der Waals surface area (Å²) in [6.45, 7) is 1.26. The van der Waals surface area contributed by atoms with E-state index in [9.17, 15) is 0 Å². The molecule has 0 bridgehead atoms. The Hall–Kier alpha value is 0.479. The van der Waals surface area contributed by atoms with Gasteiger partial charge in [0.15, 0.2) is 0 Å². The number of rotatable bonds is 1. The molecule has 1 atom stereocenters. The zero-order valence-electron chi connectivity index (χ0n) is 10.2. The van der Waals surface area contributed by atoms with Crippen molar-refractivity contribution in [3.8, 4) is 0 Å². The molecule has 1 nitrogen and oxygen atoms in total. The summed E-state index contributed by atoms with van der Waals surface area (Å²) in [5.41, 5.74) is 0. The van der Waals surface area contributed by atoms with Crippen LogP contribution in [-0.4, -0.2) is 24.5 Å². The van der Waals surface area contributed by atoms with Gasteiger partial charge in [-0.15, -0.1) is 0 Å². The Morgan fingerprint density at radius 1 is 0.941 bits per heavy atom. The van der Waals surface area contributed by atoms with Gasteiger partial charge in [-0.3, -0.25) is 0 Å². The topological polar surface area (TPSA) is 3.24 Å². The van der Waals surface area contributed by atoms with E-state index in [0.717, 1.165) is 0 Å². The average Bonchev–Trinajstić information content (AvgIpc) is 3.02. The van der Waals surface area contributed by atoms with Crippen molar-refractivity contribution >= 4 is 0 Å². The molecule has 2 heteroatoms. The van der Waals surface area contributed by atoms with Crippen LogP contribution in [0, 0.1) is 63.7 Å². The molecule has 3 rings (SSSR count). The van der Waals surface area contributed by atoms with Gasteiger partial charge in [-0.1, -0.05) is 0 Å². The van der Waals surface area contributed by atoms with Crippen LogP contribution in [0.5, 0.6) is 0 Å². The zero-order valence-corrected chi connectivity index (χ0v) is 11.3. The van der Waals surface area contributed by atoms with Crippen LogP contribution in [0.1, 0.15) is 12.8 Å². The molecule has 10 radical (unpaired) electrons. The smallest absolute Gasteiger partial charge is 0.303 e. The van der Waals surface area contributed by atoms with Crippen molar-refractivity contribution in [2.24, 2.45) is 0 Å². The number of hydrogen-bond acceptors (Lipinski definition) is 1. The first-order valence-corrected chi connectivity index (χ1v) is 5.96. The third kappa shape index (κ3) is 4.93. The van der Waals surface area contributed by atoms with Crippen LogP contribution in [0.3, 0.4) is 0 Å². The Morgan fingerprint density at radius 2 is 1.47 bits per heavy atom. The first-order chi connectivity index (χ1) is 7.88. The van der Waals surface area contributed by atoms with Gasteiger partial charge in [0.25, 0.3) is 0 Å². The fourth-order valence-corrected chi connectivity index (χ4v) is 2.26. The van der Waals surface area contributed by atoms with Gasteiger partial charge in [-0.05, 0) is 84.2 Å². The van der Waals surface area contributed by atoms with Crippen LogP contribution in [0.15, 0.2) is 0 Å². The number of likely N-dealkylation sites (tertiary alicyclic amines) is 1. The summed E-state index contributed by atoms with van der Waals surface area (Å²) < 4.78 is 0. The van der Waals surface area contributed by atoms with Crippen molar-refractivity contribution in [3.63, 3.8) is 0 Å². The summed E-state index contributed by atoms with van der Waals surface area (Å²) in [5.74, 6) is 1.49. The van der Waals surface area contributed by atoms with E-state index >= 15 is 0 Å². The van der Waals surface area contributed by atoms with Gasteiger partial charge in [0.1, 0.15) is 0 Å². The second-order valence-corrected chi connectivity index (χ2v) is 4.32. The molecule has 3 fully saturated rings. The number of nitrogens with zero attached hydrogens (tertiary/aromatic N) is 1. The molecule has 1 heterocycles. The SMILES string of the molecule is CN1CCC[C@@H]1[C]1[CH][CH][CH][CH]1.[CH]1[CH][CH][CH][CH]1.[Fe+2]. The molecular formula is C15H19FeN+2. The maximum atomic E-state index is 2.44. The first kappa shape index (κ1) is 15.5. The molecule has 90 valence electrons. The van der Waals surface area contributed by atoms with Crippen LogP contribution in [-0.2, 0) is 17.1 Å². The standard InChI is InChI=1S/C10H14N.C5H5.Fe/c1-11-8-4-7-10(11)9-5-2-3-6-9;1-2-4-5-3-1;/h2-3,5-6,10H,4,7-8H2,1H3;1-5H;/q;;+2/t10-;;/m1../s1. The van der Waals surface area contributed by atoms with Crippen molar-refractivity contribution in [1.29, 1.82) is 0 Å².